The molecule has 6 heteroatoms. The van der Waals surface area contributed by atoms with Crippen molar-refractivity contribution in [2.75, 3.05) is 13.7 Å². The molecule has 2 aliphatic rings. The predicted molar refractivity (Wildman–Crippen MR) is 92.7 cm³/mol. The van der Waals surface area contributed by atoms with Crippen molar-refractivity contribution >= 4 is 5.91 Å². The molecule has 1 amide bonds. The summed E-state index contributed by atoms with van der Waals surface area (Å²) in [6.45, 7) is 0.636. The van der Waals surface area contributed by atoms with Gasteiger partial charge >= 0.3 is 0 Å². The minimum Gasteiger partial charge on any atom is -0.496 e. The fourth-order valence-corrected chi connectivity index (χ4v) is 3.53. The van der Waals surface area contributed by atoms with Gasteiger partial charge in [0.1, 0.15) is 11.9 Å². The van der Waals surface area contributed by atoms with E-state index in [1.54, 1.807) is 18.0 Å². The molecule has 2 atom stereocenters. The Labute approximate surface area is 147 Å². The molecule has 1 N–H and O–H groups in total. The SMILES string of the molecule is COc1ccc(C(=O)N[C@H]2CCO[C@@H]2c2ccnn2C)cc1C1CC1. The molecule has 1 saturated heterocycles. The maximum Gasteiger partial charge on any atom is 0.251 e. The highest BCUT2D eigenvalue weighted by molar-refractivity contribution is 5.95. The zero-order chi connectivity index (χ0) is 17.4. The van der Waals surface area contributed by atoms with Gasteiger partial charge in [-0.3, -0.25) is 9.48 Å². The Kier molecular flexibility index (Phi) is 4.21. The lowest BCUT2D eigenvalue weighted by Crippen LogP contribution is -2.37. The normalized spacial score (nSPS) is 22.8. The van der Waals surface area contributed by atoms with Crippen LogP contribution < -0.4 is 10.1 Å². The third kappa shape index (κ3) is 3.14. The fraction of sp³-hybridized carbons (Fsp3) is 0.474. The van der Waals surface area contributed by atoms with Crippen LogP contribution in [0.2, 0.25) is 0 Å². The number of hydrogen-bond acceptors (Lipinski definition) is 4. The topological polar surface area (TPSA) is 65.4 Å². The Bertz CT molecular complexity index is 782. The van der Waals surface area contributed by atoms with Gasteiger partial charge in [-0.15, -0.1) is 0 Å². The van der Waals surface area contributed by atoms with Gasteiger partial charge in [-0.2, -0.15) is 5.10 Å². The number of carbonyl (C=O) groups is 1. The highest BCUT2D eigenvalue weighted by Crippen LogP contribution is 2.44. The standard InChI is InChI=1S/C19H23N3O3/c1-22-16(7-9-20-22)18-15(8-10-25-18)21-19(23)13-5-6-17(24-2)14(11-13)12-3-4-12/h5-7,9,11-12,15,18H,3-4,8,10H2,1-2H3,(H,21,23)/t15-,18-/m0/s1. The van der Waals surface area contributed by atoms with E-state index in [1.807, 2.05) is 31.3 Å². The number of amides is 1. The number of ether oxygens (including phenoxy) is 2. The van der Waals surface area contributed by atoms with Gasteiger partial charge in [-0.1, -0.05) is 0 Å². The van der Waals surface area contributed by atoms with Crippen molar-refractivity contribution in [1.82, 2.24) is 15.1 Å². The molecular formula is C19H23N3O3. The number of carbonyl (C=O) groups excluding carboxylic acids is 1. The molecular weight excluding hydrogens is 318 g/mol. The highest BCUT2D eigenvalue weighted by atomic mass is 16.5. The monoisotopic (exact) mass is 341 g/mol. The Morgan fingerprint density at radius 3 is 2.84 bits per heavy atom. The van der Waals surface area contributed by atoms with Gasteiger partial charge in [0, 0.05) is 25.4 Å². The van der Waals surface area contributed by atoms with E-state index in [0.717, 1.165) is 23.4 Å². The summed E-state index contributed by atoms with van der Waals surface area (Å²) < 4.78 is 13.1. The average Bonchev–Trinajstić information content (AvgIpc) is 3.24. The first kappa shape index (κ1) is 16.1. The molecule has 0 bridgehead atoms. The van der Waals surface area contributed by atoms with E-state index in [-0.39, 0.29) is 18.1 Å². The lowest BCUT2D eigenvalue weighted by molar-refractivity contribution is 0.0792. The van der Waals surface area contributed by atoms with Crippen LogP contribution in [0.1, 0.15) is 52.9 Å². The summed E-state index contributed by atoms with van der Waals surface area (Å²) in [5.74, 6) is 1.34. The van der Waals surface area contributed by atoms with Crippen molar-refractivity contribution in [2.24, 2.45) is 7.05 Å². The molecule has 0 radical (unpaired) electrons. The van der Waals surface area contributed by atoms with Crippen LogP contribution in [-0.2, 0) is 11.8 Å². The van der Waals surface area contributed by atoms with Crippen LogP contribution in [0.5, 0.6) is 5.75 Å². The Hall–Kier alpha value is -2.34. The van der Waals surface area contributed by atoms with Crippen molar-refractivity contribution in [3.63, 3.8) is 0 Å². The minimum atomic E-state index is -0.155. The Balaban J connectivity index is 1.52. The lowest BCUT2D eigenvalue weighted by atomic mass is 10.0. The van der Waals surface area contributed by atoms with Crippen LogP contribution in [0.15, 0.2) is 30.5 Å². The maximum atomic E-state index is 12.8. The van der Waals surface area contributed by atoms with Crippen LogP contribution in [0, 0.1) is 0 Å². The first-order valence-corrected chi connectivity index (χ1v) is 8.75. The molecule has 25 heavy (non-hydrogen) atoms. The Morgan fingerprint density at radius 1 is 1.32 bits per heavy atom. The molecule has 0 unspecified atom stereocenters. The van der Waals surface area contributed by atoms with Crippen LogP contribution in [0.4, 0.5) is 0 Å². The molecule has 0 spiro atoms. The second kappa shape index (κ2) is 6.52. The van der Waals surface area contributed by atoms with Gasteiger partial charge in [0.15, 0.2) is 0 Å². The van der Waals surface area contributed by atoms with Gasteiger partial charge in [-0.25, -0.2) is 0 Å². The van der Waals surface area contributed by atoms with Crippen LogP contribution >= 0.6 is 0 Å². The van der Waals surface area contributed by atoms with Crippen LogP contribution in [0.3, 0.4) is 0 Å². The Morgan fingerprint density at radius 2 is 2.16 bits per heavy atom. The largest absolute Gasteiger partial charge is 0.496 e. The smallest absolute Gasteiger partial charge is 0.251 e. The molecule has 132 valence electrons. The van der Waals surface area contributed by atoms with Crippen molar-refractivity contribution in [3.05, 3.63) is 47.3 Å². The second-order valence-electron chi connectivity index (χ2n) is 6.77. The van der Waals surface area contributed by atoms with E-state index in [9.17, 15) is 4.79 Å². The van der Waals surface area contributed by atoms with E-state index in [2.05, 4.69) is 10.4 Å². The van der Waals surface area contributed by atoms with E-state index in [0.29, 0.717) is 18.1 Å². The summed E-state index contributed by atoms with van der Waals surface area (Å²) in [6, 6.07) is 7.59. The second-order valence-corrected chi connectivity index (χ2v) is 6.77. The molecule has 6 nitrogen and oxygen atoms in total. The number of benzene rings is 1. The quantitative estimate of drug-likeness (QED) is 0.908. The molecule has 2 aromatic rings. The zero-order valence-electron chi connectivity index (χ0n) is 14.6. The van der Waals surface area contributed by atoms with Crippen molar-refractivity contribution < 1.29 is 14.3 Å². The van der Waals surface area contributed by atoms with Gasteiger partial charge in [0.25, 0.3) is 5.91 Å². The molecule has 1 saturated carbocycles. The van der Waals surface area contributed by atoms with Crippen LogP contribution in [0.25, 0.3) is 0 Å². The first-order chi connectivity index (χ1) is 12.2. The number of rotatable bonds is 5. The number of aryl methyl sites for hydroxylation is 1. The summed E-state index contributed by atoms with van der Waals surface area (Å²) in [4.78, 5) is 12.8. The molecule has 1 aromatic heterocycles. The number of nitrogens with zero attached hydrogens (tertiary/aromatic N) is 2. The van der Waals surface area contributed by atoms with Gasteiger partial charge in [-0.05, 0) is 55.0 Å². The fourth-order valence-electron chi connectivity index (χ4n) is 3.53. The predicted octanol–water partition coefficient (Wildman–Crippen LogP) is 2.57. The van der Waals surface area contributed by atoms with E-state index < -0.39 is 0 Å². The van der Waals surface area contributed by atoms with Crippen molar-refractivity contribution in [1.29, 1.82) is 0 Å². The zero-order valence-corrected chi connectivity index (χ0v) is 14.6. The van der Waals surface area contributed by atoms with E-state index in [4.69, 9.17) is 9.47 Å². The molecule has 4 rings (SSSR count). The number of aromatic nitrogens is 2. The molecule has 1 aromatic carbocycles. The minimum absolute atomic E-state index is 0.0469. The summed E-state index contributed by atoms with van der Waals surface area (Å²) in [5, 5.41) is 7.34. The van der Waals surface area contributed by atoms with E-state index in [1.165, 1.54) is 12.8 Å². The van der Waals surface area contributed by atoms with Gasteiger partial charge in [0.2, 0.25) is 0 Å². The molecule has 1 aliphatic heterocycles. The van der Waals surface area contributed by atoms with E-state index >= 15 is 0 Å². The summed E-state index contributed by atoms with van der Waals surface area (Å²) >= 11 is 0. The summed E-state index contributed by atoms with van der Waals surface area (Å²) in [6.07, 6.45) is 4.73. The third-order valence-corrected chi connectivity index (χ3v) is 5.07. The first-order valence-electron chi connectivity index (χ1n) is 8.75. The lowest BCUT2D eigenvalue weighted by Gasteiger charge is -2.20. The molecule has 2 heterocycles. The summed E-state index contributed by atoms with van der Waals surface area (Å²) in [7, 11) is 3.57. The average molecular weight is 341 g/mol. The maximum absolute atomic E-state index is 12.8. The number of methoxy groups -OCH3 is 1. The number of nitrogens with one attached hydrogen (secondary N) is 1. The van der Waals surface area contributed by atoms with Crippen molar-refractivity contribution in [2.45, 2.75) is 37.3 Å². The molecule has 1 aliphatic carbocycles. The van der Waals surface area contributed by atoms with Crippen LogP contribution in [-0.4, -0.2) is 35.4 Å². The third-order valence-electron chi connectivity index (χ3n) is 5.07. The summed E-state index contributed by atoms with van der Waals surface area (Å²) in [5.41, 5.74) is 2.80. The van der Waals surface area contributed by atoms with Crippen molar-refractivity contribution in [3.8, 4) is 5.75 Å². The highest BCUT2D eigenvalue weighted by Gasteiger charge is 2.33. The number of hydrogen-bond donors (Lipinski definition) is 1. The van der Waals surface area contributed by atoms with Gasteiger partial charge < -0.3 is 14.8 Å². The van der Waals surface area contributed by atoms with Gasteiger partial charge in [0.05, 0.1) is 18.8 Å². The molecule has 2 fully saturated rings.